The first-order chi connectivity index (χ1) is 33.3. The van der Waals surface area contributed by atoms with Gasteiger partial charge in [-0.1, -0.05) is 68.4 Å². The average molecular weight is 1190 g/mol. The van der Waals surface area contributed by atoms with Crippen LogP contribution in [-0.4, -0.2) is 87.1 Å². The van der Waals surface area contributed by atoms with Gasteiger partial charge in [-0.15, -0.1) is 6.58 Å². The van der Waals surface area contributed by atoms with Crippen LogP contribution in [0.1, 0.15) is 23.6 Å². The lowest BCUT2D eigenvalue weighted by Gasteiger charge is -2.03. The van der Waals surface area contributed by atoms with Crippen LogP contribution in [0.2, 0.25) is 0 Å². The van der Waals surface area contributed by atoms with Crippen molar-refractivity contribution in [2.75, 3.05) is 58.5 Å². The minimum Gasteiger partial charge on any atom is -0.297 e. The number of nitrogens with one attached hydrogen (secondary N) is 3. The highest BCUT2D eigenvalue weighted by molar-refractivity contribution is 7.67. The van der Waals surface area contributed by atoms with E-state index in [9.17, 15) is 69.9 Å². The van der Waals surface area contributed by atoms with Crippen molar-refractivity contribution < 1.29 is 66.9 Å². The Morgan fingerprint density at radius 1 is 0.458 bits per heavy atom. The third-order valence-corrected chi connectivity index (χ3v) is 21.0. The van der Waals surface area contributed by atoms with Crippen molar-refractivity contribution in [1.82, 2.24) is 28.7 Å². The van der Waals surface area contributed by atoms with E-state index in [1.165, 1.54) is 96.5 Å². The van der Waals surface area contributed by atoms with Crippen molar-refractivity contribution in [3.63, 3.8) is 0 Å². The molecule has 396 valence electrons. The molecule has 72 heavy (non-hydrogen) atoms. The zero-order chi connectivity index (χ0) is 55.6. The molecule has 0 aliphatic carbocycles. The zero-order valence-electron chi connectivity index (χ0n) is 40.7. The van der Waals surface area contributed by atoms with E-state index in [4.69, 9.17) is 17.2 Å². The predicted molar refractivity (Wildman–Crippen MR) is 277 cm³/mol. The second kappa shape index (κ2) is 33.8. The van der Waals surface area contributed by atoms with Gasteiger partial charge in [-0.3, -0.25) is 56.7 Å². The molecule has 6 atom stereocenters. The molecule has 3 heterocycles. The van der Waals surface area contributed by atoms with Crippen molar-refractivity contribution in [2.45, 2.75) is 47.3 Å². The van der Waals surface area contributed by atoms with Crippen molar-refractivity contribution >= 4 is 71.0 Å². The Kier molecular flexibility index (Phi) is 31.9. The van der Waals surface area contributed by atoms with Crippen LogP contribution in [0.25, 0.3) is 0 Å². The molecule has 0 radical (unpaired) electrons. The van der Waals surface area contributed by atoms with E-state index in [0.717, 1.165) is 0 Å². The maximum Gasteiger partial charge on any atom is 0.513 e. The summed E-state index contributed by atoms with van der Waals surface area (Å²) < 4.78 is 134. The van der Waals surface area contributed by atoms with Gasteiger partial charge in [0, 0.05) is 54.9 Å². The number of H-pyrrole nitrogens is 3. The highest BCUT2D eigenvalue weighted by Crippen LogP contribution is 2.61. The van der Waals surface area contributed by atoms with Crippen LogP contribution < -0.4 is 33.7 Å². The maximum absolute atomic E-state index is 12.2. The van der Waals surface area contributed by atoms with E-state index >= 15 is 0 Å². The Morgan fingerprint density at radius 3 is 0.917 bits per heavy atom. The highest BCUT2D eigenvalue weighted by atomic mass is 31.3. The maximum atomic E-state index is 12.2. The summed E-state index contributed by atoms with van der Waals surface area (Å²) in [5, 5.41) is 0. The van der Waals surface area contributed by atoms with Gasteiger partial charge >= 0.3 is 88.0 Å². The molecule has 27 nitrogen and oxygen atoms in total. The zero-order valence-corrected chi connectivity index (χ0v) is 48.7. The summed E-state index contributed by atoms with van der Waals surface area (Å²) in [5.74, 6) is 0. The van der Waals surface area contributed by atoms with Crippen LogP contribution >= 0.6 is 71.0 Å². The molecule has 0 spiro atoms. The molecule has 3 aromatic heterocycles. The quantitative estimate of drug-likeness (QED) is 0.0560. The van der Waals surface area contributed by atoms with E-state index in [1.807, 2.05) is 19.1 Å². The third kappa shape index (κ3) is 29.1. The fourth-order valence-electron chi connectivity index (χ4n) is 4.72. The van der Waals surface area contributed by atoms with Crippen LogP contribution in [0.3, 0.4) is 0 Å². The number of allylic oxidation sites excluding steroid dienone is 7. The van der Waals surface area contributed by atoms with E-state index in [1.54, 1.807) is 27.0 Å². The molecule has 0 aromatic carbocycles. The van der Waals surface area contributed by atoms with Gasteiger partial charge in [0.15, 0.2) is 40.0 Å². The number of hydrogen-bond donors (Lipinski definition) is 3. The van der Waals surface area contributed by atoms with Gasteiger partial charge in [0.2, 0.25) is 0 Å². The van der Waals surface area contributed by atoms with Crippen LogP contribution in [0.15, 0.2) is 96.5 Å². The molecule has 0 aliphatic rings. The van der Waals surface area contributed by atoms with Crippen LogP contribution in [-0.2, 0) is 86.6 Å². The summed E-state index contributed by atoms with van der Waals surface area (Å²) >= 11 is 0. The fourth-order valence-corrected chi connectivity index (χ4v) is 17.0. The highest BCUT2D eigenvalue weighted by Gasteiger charge is 2.42. The topological polar surface area (TPSA) is 374 Å². The molecule has 0 saturated heterocycles. The van der Waals surface area contributed by atoms with E-state index in [-0.39, 0.29) is 42.8 Å². The molecular formula is C36H57N6O21P9+6. The summed E-state index contributed by atoms with van der Waals surface area (Å²) in [7, 11) is -23.9. The summed E-state index contributed by atoms with van der Waals surface area (Å²) in [4.78, 5) is 74.3. The van der Waals surface area contributed by atoms with E-state index < -0.39 is 93.5 Å². The number of aromatic amines is 3. The summed E-state index contributed by atoms with van der Waals surface area (Å²) in [6.07, 6.45) is 14.6. The van der Waals surface area contributed by atoms with Crippen LogP contribution in [0.5, 0.6) is 0 Å². The molecule has 0 saturated carbocycles. The van der Waals surface area contributed by atoms with E-state index in [2.05, 4.69) is 30.2 Å². The molecule has 3 rings (SSSR count). The predicted octanol–water partition coefficient (Wildman–Crippen LogP) is 8.31. The molecule has 0 fully saturated rings. The number of nitrogens with zero attached hydrogens (tertiary/aromatic N) is 3. The smallest absolute Gasteiger partial charge is 0.297 e. The monoisotopic (exact) mass is 1190 g/mol. The summed E-state index contributed by atoms with van der Waals surface area (Å²) in [6, 6.07) is 0. The van der Waals surface area contributed by atoms with Crippen molar-refractivity contribution in [1.29, 1.82) is 0 Å². The van der Waals surface area contributed by atoms with Crippen LogP contribution in [0, 0.1) is 20.8 Å². The third-order valence-electron chi connectivity index (χ3n) is 7.49. The molecule has 3 aromatic rings. The second-order valence-electron chi connectivity index (χ2n) is 14.0. The Hall–Kier alpha value is -3.95. The molecule has 0 bridgehead atoms. The summed E-state index contributed by atoms with van der Waals surface area (Å²) in [6.45, 7) is 18.1. The van der Waals surface area contributed by atoms with Gasteiger partial charge in [0.05, 0.1) is 18.5 Å². The Morgan fingerprint density at radius 2 is 0.694 bits per heavy atom. The van der Waals surface area contributed by atoms with Gasteiger partial charge < -0.3 is 0 Å². The molecule has 0 aliphatic heterocycles. The first kappa shape index (κ1) is 68.0. The van der Waals surface area contributed by atoms with Gasteiger partial charge in [0.1, 0.15) is 0 Å². The number of rotatable bonds is 24. The Balaban J connectivity index is 0.000000967. The fraction of sp³-hybridized carbons (Fsp3) is 0.444. The van der Waals surface area contributed by atoms with Crippen LogP contribution in [0.4, 0.5) is 0 Å². The number of aryl methyl sites for hydroxylation is 3. The lowest BCUT2D eigenvalue weighted by molar-refractivity contribution is 0.394. The lowest BCUT2D eigenvalue weighted by atomic mass is 10.4. The molecule has 6 unspecified atom stereocenters. The van der Waals surface area contributed by atoms with Gasteiger partial charge in [-0.05, 0) is 55.1 Å². The average Bonchev–Trinajstić information content (AvgIpc) is 3.21. The normalized spacial score (nSPS) is 15.0. The second-order valence-corrected chi connectivity index (χ2v) is 27.9. The Bertz CT molecular complexity index is 2880. The minimum absolute atomic E-state index is 0.100. The number of hydrogen-bond acceptors (Lipinski definition) is 21. The largest absolute Gasteiger partial charge is 0.513 e. The van der Waals surface area contributed by atoms with E-state index in [0.29, 0.717) is 23.2 Å². The SMILES string of the molecule is C=CCP(=O)(O[P+](C)=O)O[P+](C)=O.CC=CCn1cc(C)c(=O)[nH]c1=O.Cc1cn(C/C=C/CP(=O)(O[P+](C)=O)O[P+](C)=O)c(=O)[nH]c1=O.Cc1cn(C/C=C\CP(=O)(O[P+](C)=O)O[P+](C)=O)c(=O)[nH]c1=O. The summed E-state index contributed by atoms with van der Waals surface area (Å²) in [5.41, 5.74) is -1.45. The first-order valence-electron chi connectivity index (χ1n) is 20.1. The molecule has 36 heteroatoms. The van der Waals surface area contributed by atoms with Crippen molar-refractivity contribution in [2.24, 2.45) is 0 Å². The standard InChI is InChI=1S/2C11H16N2O7P3.C9H12N2O2.C5H11O5P3/c2*1-9-8-13(11(15)12-10(9)14)6-4-5-7-23(18,19-21(2)16)20-22(3)17;1-3-4-5-11-6-7(2)8(12)10-9(11)13;1-4-5-13(8,9-11(2)6)10-12(3)7/h2*4-5,8H,6-7H2,1-3H3;3-4,6H,5H2,1-2H3,(H,10,12,13);4H,1,5H2,2-3H3/q2*+1;;+2/p+2/b5-4+;5-4-;;. The molecule has 0 amide bonds. The minimum atomic E-state index is -3.78. The Labute approximate surface area is 417 Å². The number of aromatic nitrogens is 6. The van der Waals surface area contributed by atoms with Crippen molar-refractivity contribution in [3.8, 4) is 0 Å². The van der Waals surface area contributed by atoms with Gasteiger partial charge in [-0.2, -0.15) is 0 Å². The first-order valence-corrected chi connectivity index (χ1v) is 35.1. The molecular weight excluding hydrogens is 1130 g/mol. The molecule has 3 N–H and O–H groups in total. The van der Waals surface area contributed by atoms with Crippen molar-refractivity contribution in [3.05, 3.63) is 147 Å². The lowest BCUT2D eigenvalue weighted by Crippen LogP contribution is -2.30. The van der Waals surface area contributed by atoms with Gasteiger partial charge in [0.25, 0.3) is 16.7 Å². The van der Waals surface area contributed by atoms with Gasteiger partial charge in [-0.25, -0.2) is 14.4 Å².